The maximum Gasteiger partial charge on any atom is 0.460 e. The van der Waals surface area contributed by atoms with Crippen LogP contribution in [0.15, 0.2) is 12.2 Å². The average molecular weight is 592 g/mol. The molecule has 0 radical (unpaired) electrons. The Balaban J connectivity index is 3.66. The molecule has 1 aliphatic rings. The number of ether oxygens (including phenoxy) is 3. The van der Waals surface area contributed by atoms with Gasteiger partial charge in [0.15, 0.2) is 6.10 Å². The van der Waals surface area contributed by atoms with Gasteiger partial charge in [0.1, 0.15) is 0 Å². The summed E-state index contributed by atoms with van der Waals surface area (Å²) in [6.07, 6.45) is -20.3. The number of carbonyl (C=O) groups is 3. The van der Waals surface area contributed by atoms with E-state index < -0.39 is 90.7 Å². The zero-order valence-corrected chi connectivity index (χ0v) is 18.4. The maximum atomic E-state index is 13.8. The molecule has 6 nitrogen and oxygen atoms in total. The van der Waals surface area contributed by atoms with E-state index in [2.05, 4.69) is 20.8 Å². The van der Waals surface area contributed by atoms with Crippen molar-refractivity contribution in [2.24, 2.45) is 0 Å². The quantitative estimate of drug-likeness (QED) is 0.161. The lowest BCUT2D eigenvalue weighted by Gasteiger charge is -2.42. The zero-order chi connectivity index (χ0) is 30.3. The van der Waals surface area contributed by atoms with Gasteiger partial charge < -0.3 is 14.2 Å². The number of halogens is 14. The van der Waals surface area contributed by atoms with Crippen LogP contribution in [-0.2, 0) is 28.6 Å². The third-order valence-electron chi connectivity index (χ3n) is 4.87. The summed E-state index contributed by atoms with van der Waals surface area (Å²) in [6, 6.07) is 0. The summed E-state index contributed by atoms with van der Waals surface area (Å²) in [6.45, 7) is 3.88. The predicted molar refractivity (Wildman–Crippen MR) is 90.0 cm³/mol. The molecule has 220 valence electrons. The highest BCUT2D eigenvalue weighted by atomic mass is 19.4. The van der Waals surface area contributed by atoms with E-state index in [0.29, 0.717) is 0 Å². The van der Waals surface area contributed by atoms with Crippen LogP contribution in [-0.4, -0.2) is 65.8 Å². The SMILES string of the molecule is C=C(C)C(=O)OC1CCCCC1(OC(=O)C(F)(F)C(F)(F)C(F)(F)F)OC(=O)C(F)(F)C(F)(F)C(F)(F)F. The van der Waals surface area contributed by atoms with Crippen LogP contribution in [0.4, 0.5) is 61.5 Å². The molecule has 1 rings (SSSR count). The van der Waals surface area contributed by atoms with Crippen LogP contribution in [0.2, 0.25) is 0 Å². The van der Waals surface area contributed by atoms with Gasteiger partial charge in [-0.2, -0.15) is 61.5 Å². The monoisotopic (exact) mass is 592 g/mol. The first-order valence-corrected chi connectivity index (χ1v) is 9.67. The normalized spacial score (nSPS) is 19.4. The highest BCUT2D eigenvalue weighted by Crippen LogP contribution is 2.50. The molecule has 20 heteroatoms. The van der Waals surface area contributed by atoms with E-state index in [-0.39, 0.29) is 6.42 Å². The summed E-state index contributed by atoms with van der Waals surface area (Å²) in [5.74, 6) is -41.9. The minimum atomic E-state index is -7.23. The predicted octanol–water partition coefficient (Wildman–Crippen LogP) is 5.50. The standard InChI is InChI=1S/C18H14F14O6/c1-7(2)9(33)36-8-5-3-4-6-12(8,37-10(34)13(19,20)15(23,24)17(27,28)29)38-11(35)14(21,22)16(25,26)18(30,31)32/h8H,1,3-6H2,2H3. The lowest BCUT2D eigenvalue weighted by atomic mass is 9.90. The number of alkyl halides is 14. The second-order valence-corrected chi connectivity index (χ2v) is 7.80. The minimum absolute atomic E-state index is 0.283. The third kappa shape index (κ3) is 5.76. The van der Waals surface area contributed by atoms with Crippen molar-refractivity contribution in [1.82, 2.24) is 0 Å². The van der Waals surface area contributed by atoms with Crippen molar-refractivity contribution in [3.8, 4) is 0 Å². The Bertz CT molecular complexity index is 900. The molecule has 0 N–H and O–H groups in total. The van der Waals surface area contributed by atoms with Crippen molar-refractivity contribution in [3.05, 3.63) is 12.2 Å². The number of carbonyl (C=O) groups excluding carboxylic acids is 3. The fraction of sp³-hybridized carbons (Fsp3) is 0.722. The fourth-order valence-electron chi connectivity index (χ4n) is 2.77. The molecule has 0 aliphatic heterocycles. The summed E-state index contributed by atoms with van der Waals surface area (Å²) in [5, 5.41) is 0. The number of esters is 3. The molecule has 0 aromatic carbocycles. The number of hydrogen-bond donors (Lipinski definition) is 0. The lowest BCUT2D eigenvalue weighted by molar-refractivity contribution is -0.365. The van der Waals surface area contributed by atoms with Crippen LogP contribution < -0.4 is 0 Å². The molecular weight excluding hydrogens is 578 g/mol. The van der Waals surface area contributed by atoms with Gasteiger partial charge in [-0.25, -0.2) is 14.4 Å². The first kappa shape index (κ1) is 33.2. The molecule has 1 saturated carbocycles. The summed E-state index contributed by atoms with van der Waals surface area (Å²) in [4.78, 5) is 35.3. The first-order chi connectivity index (χ1) is 16.7. The van der Waals surface area contributed by atoms with Gasteiger partial charge in [-0.3, -0.25) is 0 Å². The second-order valence-electron chi connectivity index (χ2n) is 7.80. The largest absolute Gasteiger partial charge is 0.460 e. The van der Waals surface area contributed by atoms with E-state index in [9.17, 15) is 75.8 Å². The van der Waals surface area contributed by atoms with Gasteiger partial charge in [-0.1, -0.05) is 6.58 Å². The molecule has 0 saturated heterocycles. The van der Waals surface area contributed by atoms with Crippen LogP contribution in [0, 0.1) is 0 Å². The van der Waals surface area contributed by atoms with Crippen LogP contribution in [0.3, 0.4) is 0 Å². The van der Waals surface area contributed by atoms with Crippen molar-refractivity contribution in [1.29, 1.82) is 0 Å². The highest BCUT2D eigenvalue weighted by molar-refractivity contribution is 5.87. The summed E-state index contributed by atoms with van der Waals surface area (Å²) < 4.78 is 195. The fourth-order valence-corrected chi connectivity index (χ4v) is 2.77. The van der Waals surface area contributed by atoms with Gasteiger partial charge in [0.05, 0.1) is 0 Å². The van der Waals surface area contributed by atoms with Crippen molar-refractivity contribution in [2.45, 2.75) is 80.5 Å². The van der Waals surface area contributed by atoms with Crippen molar-refractivity contribution < 1.29 is 90.1 Å². The average Bonchev–Trinajstić information content (AvgIpc) is 2.73. The number of hydrogen-bond acceptors (Lipinski definition) is 6. The summed E-state index contributed by atoms with van der Waals surface area (Å²) >= 11 is 0. The molecule has 1 unspecified atom stereocenters. The van der Waals surface area contributed by atoms with Gasteiger partial charge in [-0.15, -0.1) is 0 Å². The highest BCUT2D eigenvalue weighted by Gasteiger charge is 2.80. The lowest BCUT2D eigenvalue weighted by Crippen LogP contribution is -2.63. The molecule has 1 fully saturated rings. The van der Waals surface area contributed by atoms with E-state index >= 15 is 0 Å². The Morgan fingerprint density at radius 3 is 1.39 bits per heavy atom. The molecule has 0 aromatic rings. The van der Waals surface area contributed by atoms with Crippen LogP contribution in [0.1, 0.15) is 32.6 Å². The molecule has 0 aromatic heterocycles. The molecular formula is C18H14F14O6. The molecule has 1 atom stereocenters. The zero-order valence-electron chi connectivity index (χ0n) is 18.4. The molecule has 0 spiro atoms. The van der Waals surface area contributed by atoms with E-state index in [1.165, 1.54) is 0 Å². The number of rotatable bonds is 8. The molecule has 38 heavy (non-hydrogen) atoms. The Labute approximate surface area is 201 Å². The summed E-state index contributed by atoms with van der Waals surface area (Å²) in [7, 11) is 0. The second kappa shape index (κ2) is 10.0. The Morgan fingerprint density at radius 2 is 1.08 bits per heavy atom. The van der Waals surface area contributed by atoms with E-state index in [0.717, 1.165) is 6.92 Å². The van der Waals surface area contributed by atoms with Gasteiger partial charge in [0.25, 0.3) is 5.79 Å². The van der Waals surface area contributed by atoms with Gasteiger partial charge in [-0.05, 0) is 26.2 Å². The van der Waals surface area contributed by atoms with Crippen LogP contribution >= 0.6 is 0 Å². The van der Waals surface area contributed by atoms with Gasteiger partial charge in [0, 0.05) is 12.0 Å². The van der Waals surface area contributed by atoms with Crippen molar-refractivity contribution in [2.75, 3.05) is 0 Å². The molecule has 0 bridgehead atoms. The smallest absolute Gasteiger partial charge is 0.451 e. The minimum Gasteiger partial charge on any atom is -0.451 e. The van der Waals surface area contributed by atoms with Crippen LogP contribution in [0.5, 0.6) is 0 Å². The van der Waals surface area contributed by atoms with Crippen molar-refractivity contribution >= 4 is 17.9 Å². The van der Waals surface area contributed by atoms with Crippen LogP contribution in [0.25, 0.3) is 0 Å². The van der Waals surface area contributed by atoms with E-state index in [1.807, 2.05) is 0 Å². The Hall–Kier alpha value is -2.83. The Morgan fingerprint density at radius 1 is 0.711 bits per heavy atom. The molecule has 1 aliphatic carbocycles. The topological polar surface area (TPSA) is 78.9 Å². The first-order valence-electron chi connectivity index (χ1n) is 9.67. The molecule has 0 amide bonds. The van der Waals surface area contributed by atoms with Gasteiger partial charge in [0.2, 0.25) is 0 Å². The Kier molecular flexibility index (Phi) is 8.78. The summed E-state index contributed by atoms with van der Waals surface area (Å²) in [5.41, 5.74) is -0.606. The maximum absolute atomic E-state index is 13.8. The third-order valence-corrected chi connectivity index (χ3v) is 4.87. The van der Waals surface area contributed by atoms with Gasteiger partial charge >= 0.3 is 54.0 Å². The van der Waals surface area contributed by atoms with Crippen molar-refractivity contribution in [3.63, 3.8) is 0 Å². The molecule has 0 heterocycles. The van der Waals surface area contributed by atoms with E-state index in [4.69, 9.17) is 0 Å². The van der Waals surface area contributed by atoms with E-state index in [1.54, 1.807) is 0 Å².